The van der Waals surface area contributed by atoms with Gasteiger partial charge in [0.1, 0.15) is 17.2 Å². The molecule has 0 aliphatic heterocycles. The topological polar surface area (TPSA) is 91.4 Å². The maximum atomic E-state index is 12.8. The number of imidazole rings is 1. The Labute approximate surface area is 201 Å². The van der Waals surface area contributed by atoms with Crippen molar-refractivity contribution in [3.05, 3.63) is 42.4 Å². The Morgan fingerprint density at radius 1 is 1.09 bits per heavy atom. The molecular weight excluding hydrogens is 430 g/mol. The van der Waals surface area contributed by atoms with Crippen LogP contribution in [0.2, 0.25) is 0 Å². The molecule has 0 radical (unpaired) electrons. The van der Waals surface area contributed by atoms with Gasteiger partial charge in [0.15, 0.2) is 0 Å². The first-order chi connectivity index (χ1) is 15.9. The van der Waals surface area contributed by atoms with Crippen LogP contribution in [0.1, 0.15) is 59.8 Å². The quantitative estimate of drug-likeness (QED) is 0.514. The molecule has 1 N–H and O–H groups in total. The van der Waals surface area contributed by atoms with Crippen LogP contribution in [0.3, 0.4) is 0 Å². The lowest BCUT2D eigenvalue weighted by atomic mass is 10.0. The van der Waals surface area contributed by atoms with Crippen LogP contribution >= 0.6 is 0 Å². The third-order valence-corrected chi connectivity index (χ3v) is 5.55. The molecule has 2 heterocycles. The number of benzene rings is 1. The first kappa shape index (κ1) is 25.2. The molecule has 0 aliphatic rings. The summed E-state index contributed by atoms with van der Waals surface area (Å²) in [6, 6.07) is 9.53. The van der Waals surface area contributed by atoms with Crippen molar-refractivity contribution in [3.63, 3.8) is 0 Å². The molecule has 0 saturated heterocycles. The van der Waals surface area contributed by atoms with E-state index >= 15 is 0 Å². The molecule has 3 rings (SSSR count). The summed E-state index contributed by atoms with van der Waals surface area (Å²) >= 11 is 0. The highest BCUT2D eigenvalue weighted by molar-refractivity contribution is 5.91. The molecule has 0 bridgehead atoms. The lowest BCUT2D eigenvalue weighted by Crippen LogP contribution is -2.37. The number of hydrogen-bond acceptors (Lipinski definition) is 5. The number of aromatic amines is 1. The zero-order valence-corrected chi connectivity index (χ0v) is 21.3. The maximum absolute atomic E-state index is 12.8. The predicted molar refractivity (Wildman–Crippen MR) is 135 cm³/mol. The smallest absolute Gasteiger partial charge is 0.410 e. The molecule has 182 valence electrons. The van der Waals surface area contributed by atoms with Crippen molar-refractivity contribution in [1.82, 2.24) is 19.9 Å². The Bertz CT molecular complexity index is 1180. The second-order valence-electron chi connectivity index (χ2n) is 10.1. The second kappa shape index (κ2) is 9.83. The summed E-state index contributed by atoms with van der Waals surface area (Å²) in [6.07, 6.45) is 2.06. The molecule has 0 aliphatic carbocycles. The van der Waals surface area contributed by atoms with Gasteiger partial charge in [-0.15, -0.1) is 0 Å². The Kier molecular flexibility index (Phi) is 7.29. The molecule has 2 amide bonds. The normalized spacial score (nSPS) is 12.6. The summed E-state index contributed by atoms with van der Waals surface area (Å²) < 4.78 is 5.59. The SMILES string of the molecule is CC(=O)N(C)c1cc(-c2ccc3nc([C@@H](CC(C)C)N(C)C(=O)OC(C)(C)C)[nH]c3c2)ccn1. The Morgan fingerprint density at radius 2 is 1.76 bits per heavy atom. The molecule has 1 atom stereocenters. The Hall–Kier alpha value is -3.42. The van der Waals surface area contributed by atoms with Gasteiger partial charge in [-0.05, 0) is 68.5 Å². The number of nitrogens with one attached hydrogen (secondary N) is 1. The summed E-state index contributed by atoms with van der Waals surface area (Å²) in [5, 5.41) is 0. The second-order valence-corrected chi connectivity index (χ2v) is 10.1. The fourth-order valence-electron chi connectivity index (χ4n) is 3.67. The van der Waals surface area contributed by atoms with Gasteiger partial charge in [-0.2, -0.15) is 0 Å². The van der Waals surface area contributed by atoms with E-state index in [1.54, 1.807) is 25.2 Å². The Balaban J connectivity index is 1.96. The van der Waals surface area contributed by atoms with Gasteiger partial charge in [0, 0.05) is 27.2 Å². The number of carbonyl (C=O) groups is 2. The summed E-state index contributed by atoms with van der Waals surface area (Å²) in [5.41, 5.74) is 3.04. The van der Waals surface area contributed by atoms with Crippen LogP contribution < -0.4 is 4.90 Å². The van der Waals surface area contributed by atoms with E-state index in [1.165, 1.54) is 11.8 Å². The van der Waals surface area contributed by atoms with Crippen molar-refractivity contribution >= 4 is 28.9 Å². The molecule has 3 aromatic rings. The van der Waals surface area contributed by atoms with E-state index in [0.717, 1.165) is 34.4 Å². The van der Waals surface area contributed by atoms with Gasteiger partial charge < -0.3 is 19.5 Å². The average Bonchev–Trinajstić information content (AvgIpc) is 3.18. The molecule has 0 fully saturated rings. The van der Waals surface area contributed by atoms with Crippen LogP contribution in [0.25, 0.3) is 22.2 Å². The first-order valence-corrected chi connectivity index (χ1v) is 11.5. The molecule has 8 heteroatoms. The number of H-pyrrole nitrogens is 1. The van der Waals surface area contributed by atoms with Crippen LogP contribution in [0.15, 0.2) is 36.5 Å². The summed E-state index contributed by atoms with van der Waals surface area (Å²) in [7, 11) is 3.46. The van der Waals surface area contributed by atoms with Crippen LogP contribution in [-0.4, -0.2) is 51.5 Å². The van der Waals surface area contributed by atoms with Gasteiger partial charge in [-0.1, -0.05) is 19.9 Å². The number of rotatable bonds is 6. The van der Waals surface area contributed by atoms with Gasteiger partial charge >= 0.3 is 6.09 Å². The number of nitrogens with zero attached hydrogens (tertiary/aromatic N) is 4. The molecule has 34 heavy (non-hydrogen) atoms. The molecule has 0 saturated carbocycles. The number of anilines is 1. The zero-order chi connectivity index (χ0) is 25.2. The first-order valence-electron chi connectivity index (χ1n) is 11.5. The number of carbonyl (C=O) groups excluding carboxylic acids is 2. The lowest BCUT2D eigenvalue weighted by Gasteiger charge is -2.30. The molecule has 0 unspecified atom stereocenters. The van der Waals surface area contributed by atoms with Crippen molar-refractivity contribution in [2.45, 2.75) is 59.6 Å². The largest absolute Gasteiger partial charge is 0.444 e. The van der Waals surface area contributed by atoms with Crippen molar-refractivity contribution in [1.29, 1.82) is 0 Å². The molecular formula is C26H35N5O3. The van der Waals surface area contributed by atoms with Gasteiger partial charge in [0.25, 0.3) is 0 Å². The summed E-state index contributed by atoms with van der Waals surface area (Å²) in [6.45, 7) is 11.3. The minimum atomic E-state index is -0.573. The van der Waals surface area contributed by atoms with Crippen LogP contribution in [0, 0.1) is 5.92 Å². The van der Waals surface area contributed by atoms with E-state index in [4.69, 9.17) is 9.72 Å². The zero-order valence-electron chi connectivity index (χ0n) is 21.3. The van der Waals surface area contributed by atoms with Crippen LogP contribution in [0.5, 0.6) is 0 Å². The number of ether oxygens (including phenoxy) is 1. The number of pyridine rings is 1. The minimum Gasteiger partial charge on any atom is -0.444 e. The van der Waals surface area contributed by atoms with E-state index in [0.29, 0.717) is 11.7 Å². The van der Waals surface area contributed by atoms with Crippen molar-refractivity contribution < 1.29 is 14.3 Å². The number of amides is 2. The summed E-state index contributed by atoms with van der Waals surface area (Å²) in [5.74, 6) is 1.59. The van der Waals surface area contributed by atoms with Gasteiger partial charge in [0.05, 0.1) is 17.1 Å². The number of fused-ring (bicyclic) bond motifs is 1. The highest BCUT2D eigenvalue weighted by atomic mass is 16.6. The molecule has 2 aromatic heterocycles. The number of hydrogen-bond donors (Lipinski definition) is 1. The van der Waals surface area contributed by atoms with Crippen LogP contribution in [0.4, 0.5) is 10.6 Å². The minimum absolute atomic E-state index is 0.0800. The summed E-state index contributed by atoms with van der Waals surface area (Å²) in [4.78, 5) is 40.2. The molecule has 8 nitrogen and oxygen atoms in total. The van der Waals surface area contributed by atoms with Gasteiger partial charge in [-0.3, -0.25) is 4.79 Å². The molecule has 1 aromatic carbocycles. The van der Waals surface area contributed by atoms with E-state index in [2.05, 4.69) is 23.8 Å². The molecule has 0 spiro atoms. The third-order valence-electron chi connectivity index (χ3n) is 5.55. The standard InChI is InChI=1S/C26H35N5O3/c1-16(2)13-22(31(8)25(33)34-26(4,5)6)24-28-20-10-9-18(14-21(20)29-24)19-11-12-27-23(15-19)30(7)17(3)32/h9-12,14-16,22H,13H2,1-8H3,(H,28,29)/t22-/m1/s1. The predicted octanol–water partition coefficient (Wildman–Crippen LogP) is 5.56. The average molecular weight is 466 g/mol. The van der Waals surface area contributed by atoms with E-state index in [9.17, 15) is 9.59 Å². The van der Waals surface area contributed by atoms with Crippen molar-refractivity contribution in [3.8, 4) is 11.1 Å². The monoisotopic (exact) mass is 465 g/mol. The van der Waals surface area contributed by atoms with Crippen molar-refractivity contribution in [2.75, 3.05) is 19.0 Å². The maximum Gasteiger partial charge on any atom is 0.410 e. The van der Waals surface area contributed by atoms with E-state index in [1.807, 2.05) is 51.1 Å². The van der Waals surface area contributed by atoms with Crippen LogP contribution in [-0.2, 0) is 9.53 Å². The van der Waals surface area contributed by atoms with Gasteiger partial charge in [-0.25, -0.2) is 14.8 Å². The van der Waals surface area contributed by atoms with E-state index in [-0.39, 0.29) is 18.0 Å². The van der Waals surface area contributed by atoms with E-state index < -0.39 is 5.60 Å². The number of aromatic nitrogens is 3. The third kappa shape index (κ3) is 5.92. The fraction of sp³-hybridized carbons (Fsp3) is 0.462. The highest BCUT2D eigenvalue weighted by Crippen LogP contribution is 2.30. The highest BCUT2D eigenvalue weighted by Gasteiger charge is 2.29. The lowest BCUT2D eigenvalue weighted by molar-refractivity contribution is -0.116. The van der Waals surface area contributed by atoms with Gasteiger partial charge in [0.2, 0.25) is 5.91 Å². The van der Waals surface area contributed by atoms with Crippen molar-refractivity contribution in [2.24, 2.45) is 5.92 Å². The fourth-order valence-corrected chi connectivity index (χ4v) is 3.67. The Morgan fingerprint density at radius 3 is 2.38 bits per heavy atom.